The monoisotopic (exact) mass is 250 g/mol. The molecule has 0 aliphatic carbocycles. The molecule has 4 heteroatoms. The highest BCUT2D eigenvalue weighted by Gasteiger charge is 2.14. The topological polar surface area (TPSA) is 41.0 Å². The van der Waals surface area contributed by atoms with Crippen molar-refractivity contribution in [3.8, 4) is 0 Å². The van der Waals surface area contributed by atoms with Crippen molar-refractivity contribution in [2.45, 2.75) is 53.0 Å². The zero-order chi connectivity index (χ0) is 13.4. The van der Waals surface area contributed by atoms with E-state index in [0.717, 1.165) is 31.1 Å². The Kier molecular flexibility index (Phi) is 6.47. The molecule has 0 saturated heterocycles. The van der Waals surface area contributed by atoms with Gasteiger partial charge in [-0.1, -0.05) is 20.3 Å². The normalized spacial score (nSPS) is 12.2. The summed E-state index contributed by atoms with van der Waals surface area (Å²) in [6.07, 6.45) is 5.18. The third kappa shape index (κ3) is 4.17. The van der Waals surface area contributed by atoms with E-state index in [9.17, 15) is 0 Å². The number of aromatic nitrogens is 2. The van der Waals surface area contributed by atoms with Crippen LogP contribution in [0.2, 0.25) is 0 Å². The number of nitrogens with zero attached hydrogens (tertiary/aromatic N) is 3. The molecule has 4 nitrogen and oxygen atoms in total. The maximum atomic E-state index is 4.42. The largest absolute Gasteiger partial charge is 0.370 e. The van der Waals surface area contributed by atoms with Crippen molar-refractivity contribution in [2.24, 2.45) is 0 Å². The van der Waals surface area contributed by atoms with Gasteiger partial charge >= 0.3 is 0 Å². The van der Waals surface area contributed by atoms with Gasteiger partial charge in [0.25, 0.3) is 0 Å². The lowest BCUT2D eigenvalue weighted by molar-refractivity contribution is 0.589. The molecule has 0 aromatic carbocycles. The lowest BCUT2D eigenvalue weighted by atomic mass is 10.2. The van der Waals surface area contributed by atoms with Crippen LogP contribution in [-0.2, 0) is 0 Å². The van der Waals surface area contributed by atoms with Gasteiger partial charge in [0.1, 0.15) is 18.0 Å². The smallest absolute Gasteiger partial charge is 0.134 e. The van der Waals surface area contributed by atoms with Crippen molar-refractivity contribution in [3.63, 3.8) is 0 Å². The average Bonchev–Trinajstić information content (AvgIpc) is 2.39. The maximum Gasteiger partial charge on any atom is 0.134 e. The van der Waals surface area contributed by atoms with Gasteiger partial charge in [-0.25, -0.2) is 9.97 Å². The van der Waals surface area contributed by atoms with Gasteiger partial charge in [-0.2, -0.15) is 0 Å². The summed E-state index contributed by atoms with van der Waals surface area (Å²) in [5.41, 5.74) is 0. The van der Waals surface area contributed by atoms with Gasteiger partial charge in [-0.15, -0.1) is 0 Å². The molecule has 0 saturated carbocycles. The highest BCUT2D eigenvalue weighted by molar-refractivity contribution is 5.48. The first-order chi connectivity index (χ1) is 8.72. The van der Waals surface area contributed by atoms with Crippen LogP contribution in [0.3, 0.4) is 0 Å². The summed E-state index contributed by atoms with van der Waals surface area (Å²) < 4.78 is 0. The molecule has 0 aliphatic rings. The quantitative estimate of drug-likeness (QED) is 0.768. The molecule has 1 heterocycles. The van der Waals surface area contributed by atoms with Crippen LogP contribution in [0, 0.1) is 0 Å². The molecule has 0 bridgehead atoms. The molecule has 1 aromatic heterocycles. The van der Waals surface area contributed by atoms with Crippen molar-refractivity contribution in [1.82, 2.24) is 9.97 Å². The van der Waals surface area contributed by atoms with Crippen molar-refractivity contribution >= 4 is 11.6 Å². The van der Waals surface area contributed by atoms with E-state index >= 15 is 0 Å². The minimum absolute atomic E-state index is 0.515. The van der Waals surface area contributed by atoms with E-state index in [4.69, 9.17) is 0 Å². The van der Waals surface area contributed by atoms with Gasteiger partial charge in [0, 0.05) is 25.2 Å². The third-order valence-corrected chi connectivity index (χ3v) is 3.18. The second-order valence-electron chi connectivity index (χ2n) is 4.60. The lowest BCUT2D eigenvalue weighted by Gasteiger charge is -2.29. The first kappa shape index (κ1) is 14.7. The van der Waals surface area contributed by atoms with Gasteiger partial charge in [0.15, 0.2) is 0 Å². The van der Waals surface area contributed by atoms with Crippen LogP contribution in [0.15, 0.2) is 12.4 Å². The molecule has 1 atom stereocenters. The highest BCUT2D eigenvalue weighted by Crippen LogP contribution is 2.18. The van der Waals surface area contributed by atoms with Crippen molar-refractivity contribution in [3.05, 3.63) is 12.4 Å². The predicted molar refractivity (Wildman–Crippen MR) is 78.2 cm³/mol. The Morgan fingerprint density at radius 2 is 2.06 bits per heavy atom. The fourth-order valence-corrected chi connectivity index (χ4v) is 1.89. The van der Waals surface area contributed by atoms with Crippen LogP contribution in [0.4, 0.5) is 11.6 Å². The van der Waals surface area contributed by atoms with Crippen LogP contribution in [0.25, 0.3) is 0 Å². The van der Waals surface area contributed by atoms with Crippen molar-refractivity contribution in [1.29, 1.82) is 0 Å². The zero-order valence-corrected chi connectivity index (χ0v) is 12.1. The van der Waals surface area contributed by atoms with E-state index in [-0.39, 0.29) is 0 Å². The molecule has 0 radical (unpaired) electrons. The molecule has 1 N–H and O–H groups in total. The van der Waals surface area contributed by atoms with Gasteiger partial charge < -0.3 is 10.2 Å². The van der Waals surface area contributed by atoms with E-state index in [0.29, 0.717) is 6.04 Å². The van der Waals surface area contributed by atoms with Gasteiger partial charge in [0.2, 0.25) is 0 Å². The number of unbranched alkanes of at least 4 members (excludes halogenated alkanes) is 1. The molecule has 1 aromatic rings. The molecule has 0 aliphatic heterocycles. The molecule has 0 fully saturated rings. The van der Waals surface area contributed by atoms with Crippen LogP contribution in [-0.4, -0.2) is 29.1 Å². The Morgan fingerprint density at radius 3 is 2.67 bits per heavy atom. The molecule has 102 valence electrons. The van der Waals surface area contributed by atoms with Gasteiger partial charge in [0.05, 0.1) is 0 Å². The Labute approximate surface area is 111 Å². The summed E-state index contributed by atoms with van der Waals surface area (Å²) in [4.78, 5) is 11.0. The zero-order valence-electron chi connectivity index (χ0n) is 12.1. The van der Waals surface area contributed by atoms with Crippen molar-refractivity contribution in [2.75, 3.05) is 23.3 Å². The summed E-state index contributed by atoms with van der Waals surface area (Å²) in [7, 11) is 0. The lowest BCUT2D eigenvalue weighted by Crippen LogP contribution is -2.34. The van der Waals surface area contributed by atoms with Crippen LogP contribution < -0.4 is 10.2 Å². The number of hydrogen-bond donors (Lipinski definition) is 1. The summed E-state index contributed by atoms with van der Waals surface area (Å²) >= 11 is 0. The molecule has 1 rings (SSSR count). The van der Waals surface area contributed by atoms with Crippen LogP contribution in [0.5, 0.6) is 0 Å². The van der Waals surface area contributed by atoms with Crippen LogP contribution in [0.1, 0.15) is 47.0 Å². The SMILES string of the molecule is CCCCN(c1cc(NCC)ncn1)C(C)CC. The van der Waals surface area contributed by atoms with E-state index in [1.54, 1.807) is 6.33 Å². The van der Waals surface area contributed by atoms with Gasteiger partial charge in [-0.05, 0) is 26.7 Å². The fraction of sp³-hybridized carbons (Fsp3) is 0.714. The Morgan fingerprint density at radius 1 is 1.28 bits per heavy atom. The minimum Gasteiger partial charge on any atom is -0.370 e. The van der Waals surface area contributed by atoms with Gasteiger partial charge in [-0.3, -0.25) is 0 Å². The second-order valence-corrected chi connectivity index (χ2v) is 4.60. The fourth-order valence-electron chi connectivity index (χ4n) is 1.89. The summed E-state index contributed by atoms with van der Waals surface area (Å²) in [5, 5.41) is 3.24. The average molecular weight is 250 g/mol. The number of nitrogens with one attached hydrogen (secondary N) is 1. The maximum absolute atomic E-state index is 4.42. The summed E-state index contributed by atoms with van der Waals surface area (Å²) in [6, 6.07) is 2.56. The Hall–Kier alpha value is -1.32. The third-order valence-electron chi connectivity index (χ3n) is 3.18. The van der Waals surface area contributed by atoms with E-state index in [2.05, 4.69) is 47.9 Å². The summed E-state index contributed by atoms with van der Waals surface area (Å²) in [5.74, 6) is 1.94. The highest BCUT2D eigenvalue weighted by atomic mass is 15.2. The minimum atomic E-state index is 0.515. The molecular weight excluding hydrogens is 224 g/mol. The first-order valence-electron chi connectivity index (χ1n) is 7.05. The Balaban J connectivity index is 2.85. The molecule has 0 spiro atoms. The van der Waals surface area contributed by atoms with E-state index in [1.165, 1.54) is 12.8 Å². The summed E-state index contributed by atoms with van der Waals surface area (Å²) in [6.45, 7) is 10.7. The molecule has 18 heavy (non-hydrogen) atoms. The number of rotatable bonds is 8. The first-order valence-corrected chi connectivity index (χ1v) is 7.05. The molecule has 1 unspecified atom stereocenters. The van der Waals surface area contributed by atoms with E-state index in [1.807, 2.05) is 6.07 Å². The standard InChI is InChI=1S/C14H26N4/c1-5-8-9-18(12(4)6-2)14-10-13(15-7-3)16-11-17-14/h10-12H,5-9H2,1-4H3,(H,15,16,17). The molecular formula is C14H26N4. The Bertz CT molecular complexity index is 340. The van der Waals surface area contributed by atoms with E-state index < -0.39 is 0 Å². The van der Waals surface area contributed by atoms with Crippen molar-refractivity contribution < 1.29 is 0 Å². The second kappa shape index (κ2) is 7.90. The molecule has 0 amide bonds. The predicted octanol–water partition coefficient (Wildman–Crippen LogP) is 3.31. The number of anilines is 2. The number of hydrogen-bond acceptors (Lipinski definition) is 4. The van der Waals surface area contributed by atoms with Crippen LogP contribution >= 0.6 is 0 Å².